The first-order valence-corrected chi connectivity index (χ1v) is 7.33. The standard InChI is InChI=1S/C13H18N4O2S/c1-9(2)16(3)7-6-14-10-4-5-11-12(15-8-20-11)13(10)17(18)19/h4-5,8-9,14H,6-7H2,1-3H3. The third-order valence-corrected chi connectivity index (χ3v) is 4.11. The highest BCUT2D eigenvalue weighted by atomic mass is 32.1. The Bertz CT molecular complexity index is 611. The van der Waals surface area contributed by atoms with Gasteiger partial charge in [0.25, 0.3) is 0 Å². The quantitative estimate of drug-likeness (QED) is 0.655. The first kappa shape index (κ1) is 14.7. The average Bonchev–Trinajstić information content (AvgIpc) is 2.85. The molecule has 1 heterocycles. The van der Waals surface area contributed by atoms with Gasteiger partial charge in [-0.25, -0.2) is 4.98 Å². The van der Waals surface area contributed by atoms with Crippen LogP contribution >= 0.6 is 11.3 Å². The maximum atomic E-state index is 11.3. The smallest absolute Gasteiger partial charge is 0.319 e. The van der Waals surface area contributed by atoms with E-state index in [9.17, 15) is 10.1 Å². The highest BCUT2D eigenvalue weighted by molar-refractivity contribution is 7.16. The van der Waals surface area contributed by atoms with Crippen molar-refractivity contribution in [1.29, 1.82) is 0 Å². The van der Waals surface area contributed by atoms with Gasteiger partial charge >= 0.3 is 5.69 Å². The average molecular weight is 294 g/mol. The molecular weight excluding hydrogens is 276 g/mol. The van der Waals surface area contributed by atoms with E-state index in [2.05, 4.69) is 29.0 Å². The molecule has 0 amide bonds. The maximum absolute atomic E-state index is 11.3. The van der Waals surface area contributed by atoms with Crippen LogP contribution in [0.2, 0.25) is 0 Å². The van der Waals surface area contributed by atoms with E-state index in [1.54, 1.807) is 11.6 Å². The van der Waals surface area contributed by atoms with E-state index >= 15 is 0 Å². The zero-order valence-corrected chi connectivity index (χ0v) is 12.6. The van der Waals surface area contributed by atoms with E-state index in [1.807, 2.05) is 13.1 Å². The van der Waals surface area contributed by atoms with Crippen LogP contribution in [0.1, 0.15) is 13.8 Å². The molecule has 0 aliphatic rings. The van der Waals surface area contributed by atoms with Gasteiger partial charge < -0.3 is 10.2 Å². The van der Waals surface area contributed by atoms with Crippen LogP contribution in [0.25, 0.3) is 10.2 Å². The summed E-state index contributed by atoms with van der Waals surface area (Å²) in [6, 6.07) is 4.08. The summed E-state index contributed by atoms with van der Waals surface area (Å²) >= 11 is 1.41. The van der Waals surface area contributed by atoms with Gasteiger partial charge in [-0.05, 0) is 33.0 Å². The van der Waals surface area contributed by atoms with E-state index in [0.717, 1.165) is 11.2 Å². The summed E-state index contributed by atoms with van der Waals surface area (Å²) in [6.45, 7) is 5.71. The minimum atomic E-state index is -0.365. The van der Waals surface area contributed by atoms with E-state index in [0.29, 0.717) is 23.8 Å². The van der Waals surface area contributed by atoms with Crippen molar-refractivity contribution in [2.75, 3.05) is 25.5 Å². The number of anilines is 1. The molecular formula is C13H18N4O2S. The summed E-state index contributed by atoms with van der Waals surface area (Å²) < 4.78 is 0.835. The molecule has 6 nitrogen and oxygen atoms in total. The van der Waals surface area contributed by atoms with Gasteiger partial charge in [-0.1, -0.05) is 0 Å². The molecule has 0 unspecified atom stereocenters. The molecule has 7 heteroatoms. The second kappa shape index (κ2) is 6.15. The van der Waals surface area contributed by atoms with Crippen molar-refractivity contribution in [1.82, 2.24) is 9.88 Å². The third-order valence-electron chi connectivity index (χ3n) is 3.32. The molecule has 0 aliphatic carbocycles. The van der Waals surface area contributed by atoms with Crippen molar-refractivity contribution >= 4 is 32.9 Å². The molecule has 0 saturated carbocycles. The van der Waals surface area contributed by atoms with E-state index in [1.165, 1.54) is 11.3 Å². The molecule has 0 spiro atoms. The number of rotatable bonds is 6. The fourth-order valence-electron chi connectivity index (χ4n) is 1.87. The van der Waals surface area contributed by atoms with Gasteiger partial charge in [0.2, 0.25) is 0 Å². The Morgan fingerprint density at radius 1 is 1.50 bits per heavy atom. The topological polar surface area (TPSA) is 71.3 Å². The summed E-state index contributed by atoms with van der Waals surface area (Å²) in [6.07, 6.45) is 0. The highest BCUT2D eigenvalue weighted by Gasteiger charge is 2.20. The molecule has 108 valence electrons. The van der Waals surface area contributed by atoms with Gasteiger partial charge in [0.05, 0.1) is 15.1 Å². The monoisotopic (exact) mass is 294 g/mol. The number of nitro groups is 1. The van der Waals surface area contributed by atoms with Crippen LogP contribution in [0, 0.1) is 10.1 Å². The lowest BCUT2D eigenvalue weighted by Crippen LogP contribution is -2.31. The van der Waals surface area contributed by atoms with Crippen LogP contribution in [0.5, 0.6) is 0 Å². The van der Waals surface area contributed by atoms with Crippen molar-refractivity contribution in [2.45, 2.75) is 19.9 Å². The number of nitrogens with zero attached hydrogens (tertiary/aromatic N) is 3. The Hall–Kier alpha value is -1.73. The Morgan fingerprint density at radius 2 is 2.25 bits per heavy atom. The van der Waals surface area contributed by atoms with Crippen molar-refractivity contribution in [3.8, 4) is 0 Å². The van der Waals surface area contributed by atoms with Crippen LogP contribution in [0.15, 0.2) is 17.6 Å². The molecule has 0 fully saturated rings. The van der Waals surface area contributed by atoms with Crippen LogP contribution in [-0.2, 0) is 0 Å². The molecule has 1 aromatic carbocycles. The molecule has 0 saturated heterocycles. The van der Waals surface area contributed by atoms with Gasteiger partial charge in [-0.15, -0.1) is 11.3 Å². The fourth-order valence-corrected chi connectivity index (χ4v) is 2.55. The van der Waals surface area contributed by atoms with Crippen molar-refractivity contribution in [2.24, 2.45) is 0 Å². The predicted octanol–water partition coefficient (Wildman–Crippen LogP) is 2.96. The molecule has 1 aromatic heterocycles. The predicted molar refractivity (Wildman–Crippen MR) is 82.5 cm³/mol. The van der Waals surface area contributed by atoms with Gasteiger partial charge in [-0.2, -0.15) is 0 Å². The van der Waals surface area contributed by atoms with Crippen molar-refractivity contribution in [3.05, 3.63) is 27.8 Å². The SMILES string of the molecule is CC(C)N(C)CCNc1ccc2scnc2c1[N+](=O)[O-]. The largest absolute Gasteiger partial charge is 0.378 e. The lowest BCUT2D eigenvalue weighted by molar-refractivity contribution is -0.382. The number of benzene rings is 1. The summed E-state index contributed by atoms with van der Waals surface area (Å²) in [5.41, 5.74) is 2.69. The Kier molecular flexibility index (Phi) is 4.51. The minimum absolute atomic E-state index is 0.0657. The molecule has 1 N–H and O–H groups in total. The lowest BCUT2D eigenvalue weighted by atomic mass is 10.2. The zero-order valence-electron chi connectivity index (χ0n) is 11.8. The summed E-state index contributed by atoms with van der Waals surface area (Å²) in [7, 11) is 2.03. The normalized spacial score (nSPS) is 11.4. The second-order valence-electron chi connectivity index (χ2n) is 4.92. The zero-order chi connectivity index (χ0) is 14.7. The van der Waals surface area contributed by atoms with Crippen LogP contribution < -0.4 is 5.32 Å². The summed E-state index contributed by atoms with van der Waals surface area (Å²) in [5.74, 6) is 0. The number of hydrogen-bond donors (Lipinski definition) is 1. The number of thiazole rings is 1. The molecule has 0 radical (unpaired) electrons. The van der Waals surface area contributed by atoms with E-state index < -0.39 is 0 Å². The van der Waals surface area contributed by atoms with Gasteiger partial charge in [0.1, 0.15) is 5.69 Å². The lowest BCUT2D eigenvalue weighted by Gasteiger charge is -2.21. The van der Waals surface area contributed by atoms with E-state index in [4.69, 9.17) is 0 Å². The van der Waals surface area contributed by atoms with Crippen molar-refractivity contribution < 1.29 is 4.92 Å². The first-order chi connectivity index (χ1) is 9.50. The van der Waals surface area contributed by atoms with Gasteiger partial charge in [0, 0.05) is 19.1 Å². The van der Waals surface area contributed by atoms with Gasteiger partial charge in [-0.3, -0.25) is 10.1 Å². The Balaban J connectivity index is 2.17. The molecule has 2 rings (SSSR count). The minimum Gasteiger partial charge on any atom is -0.378 e. The van der Waals surface area contributed by atoms with Crippen molar-refractivity contribution in [3.63, 3.8) is 0 Å². The molecule has 0 atom stereocenters. The second-order valence-corrected chi connectivity index (χ2v) is 5.81. The third kappa shape index (κ3) is 3.05. The first-order valence-electron chi connectivity index (χ1n) is 6.45. The molecule has 20 heavy (non-hydrogen) atoms. The maximum Gasteiger partial charge on any atom is 0.319 e. The van der Waals surface area contributed by atoms with Crippen LogP contribution in [0.3, 0.4) is 0 Å². The van der Waals surface area contributed by atoms with Gasteiger partial charge in [0.15, 0.2) is 5.52 Å². The number of hydrogen-bond acceptors (Lipinski definition) is 6. The highest BCUT2D eigenvalue weighted by Crippen LogP contribution is 2.34. The Labute approximate surface area is 121 Å². The summed E-state index contributed by atoms with van der Waals surface area (Å²) in [5, 5.41) is 14.4. The Morgan fingerprint density at radius 3 is 2.90 bits per heavy atom. The molecule has 0 aliphatic heterocycles. The van der Waals surface area contributed by atoms with E-state index in [-0.39, 0.29) is 10.6 Å². The van der Waals surface area contributed by atoms with Crippen LogP contribution in [0.4, 0.5) is 11.4 Å². The number of nitro benzene ring substituents is 1. The fraction of sp³-hybridized carbons (Fsp3) is 0.462. The number of likely N-dealkylation sites (N-methyl/N-ethyl adjacent to an activating group) is 1. The molecule has 0 bridgehead atoms. The number of nitrogens with one attached hydrogen (secondary N) is 1. The number of fused-ring (bicyclic) bond motifs is 1. The number of aromatic nitrogens is 1. The van der Waals surface area contributed by atoms with Crippen LogP contribution in [-0.4, -0.2) is 41.0 Å². The molecule has 2 aromatic rings. The summed E-state index contributed by atoms with van der Waals surface area (Å²) in [4.78, 5) is 17.2.